The first kappa shape index (κ1) is 24.8. The molecule has 1 amide bonds. The summed E-state index contributed by atoms with van der Waals surface area (Å²) in [7, 11) is 0. The summed E-state index contributed by atoms with van der Waals surface area (Å²) in [5.74, 6) is 1.12. The number of furan rings is 1. The molecule has 2 aromatic carbocycles. The minimum atomic E-state index is -0.438. The standard InChI is InChI=1S/C26H24Cl2FN3O3/c1-15(2)20-12-21(27)16(3)10-24(20)34-14-19-6-7-23(35-19)26(33)30-25-8-9-32(31-25)13-17-4-5-18(29)11-22(17)28/h4-12,15H,13-14H2,1-3H3,(H,30,31,33). The Morgan fingerprint density at radius 2 is 1.94 bits per heavy atom. The van der Waals surface area contributed by atoms with Gasteiger partial charge < -0.3 is 14.5 Å². The van der Waals surface area contributed by atoms with E-state index in [-0.39, 0.29) is 18.3 Å². The summed E-state index contributed by atoms with van der Waals surface area (Å²) >= 11 is 12.3. The number of carbonyl (C=O) groups excluding carboxylic acids is 1. The molecule has 0 saturated carbocycles. The highest BCUT2D eigenvalue weighted by Crippen LogP contribution is 2.32. The van der Waals surface area contributed by atoms with Crippen LogP contribution in [0.25, 0.3) is 0 Å². The van der Waals surface area contributed by atoms with Gasteiger partial charge in [-0.2, -0.15) is 5.10 Å². The van der Waals surface area contributed by atoms with E-state index in [0.29, 0.717) is 33.7 Å². The van der Waals surface area contributed by atoms with Crippen LogP contribution < -0.4 is 10.1 Å². The summed E-state index contributed by atoms with van der Waals surface area (Å²) in [4.78, 5) is 12.6. The van der Waals surface area contributed by atoms with Gasteiger partial charge in [-0.25, -0.2) is 4.39 Å². The van der Waals surface area contributed by atoms with Gasteiger partial charge in [-0.15, -0.1) is 0 Å². The van der Waals surface area contributed by atoms with Crippen molar-refractivity contribution in [2.75, 3.05) is 5.32 Å². The van der Waals surface area contributed by atoms with Crippen LogP contribution in [0.5, 0.6) is 5.75 Å². The Morgan fingerprint density at radius 3 is 2.69 bits per heavy atom. The Labute approximate surface area is 212 Å². The van der Waals surface area contributed by atoms with Gasteiger partial charge >= 0.3 is 0 Å². The van der Waals surface area contributed by atoms with Crippen molar-refractivity contribution in [3.05, 3.63) is 98.8 Å². The lowest BCUT2D eigenvalue weighted by Crippen LogP contribution is -2.12. The average Bonchev–Trinajstić information content (AvgIpc) is 3.45. The van der Waals surface area contributed by atoms with E-state index in [1.54, 1.807) is 35.1 Å². The molecule has 4 aromatic rings. The number of rotatable bonds is 8. The van der Waals surface area contributed by atoms with Gasteiger partial charge in [0.2, 0.25) is 0 Å². The largest absolute Gasteiger partial charge is 0.485 e. The number of hydrogen-bond acceptors (Lipinski definition) is 4. The fraction of sp³-hybridized carbons (Fsp3) is 0.231. The molecule has 35 heavy (non-hydrogen) atoms. The zero-order valence-corrected chi connectivity index (χ0v) is 21.0. The van der Waals surface area contributed by atoms with Crippen LogP contribution in [0.2, 0.25) is 10.0 Å². The number of nitrogens with zero attached hydrogens (tertiary/aromatic N) is 2. The molecular weight excluding hydrogens is 492 g/mol. The van der Waals surface area contributed by atoms with Crippen LogP contribution in [-0.4, -0.2) is 15.7 Å². The summed E-state index contributed by atoms with van der Waals surface area (Å²) in [5.41, 5.74) is 2.63. The van der Waals surface area contributed by atoms with Crippen molar-refractivity contribution in [1.29, 1.82) is 0 Å². The maximum atomic E-state index is 13.2. The van der Waals surface area contributed by atoms with Gasteiger partial charge in [-0.3, -0.25) is 9.48 Å². The van der Waals surface area contributed by atoms with E-state index in [1.807, 2.05) is 19.1 Å². The molecule has 0 saturated heterocycles. The molecule has 9 heteroatoms. The Bertz CT molecular complexity index is 1360. The zero-order valence-electron chi connectivity index (χ0n) is 19.4. The van der Waals surface area contributed by atoms with E-state index in [1.165, 1.54) is 12.1 Å². The van der Waals surface area contributed by atoms with Crippen molar-refractivity contribution in [3.8, 4) is 5.75 Å². The van der Waals surface area contributed by atoms with Gasteiger partial charge in [0, 0.05) is 22.3 Å². The molecule has 0 fully saturated rings. The first-order valence-electron chi connectivity index (χ1n) is 11.0. The smallest absolute Gasteiger partial charge is 0.292 e. The van der Waals surface area contributed by atoms with E-state index in [4.69, 9.17) is 32.4 Å². The Kier molecular flexibility index (Phi) is 7.48. The summed E-state index contributed by atoms with van der Waals surface area (Å²) in [6, 6.07) is 12.9. The number of nitrogens with one attached hydrogen (secondary N) is 1. The molecule has 0 aliphatic rings. The minimum absolute atomic E-state index is 0.135. The van der Waals surface area contributed by atoms with E-state index in [0.717, 1.165) is 16.9 Å². The number of halogens is 3. The second-order valence-corrected chi connectivity index (χ2v) is 9.25. The quantitative estimate of drug-likeness (QED) is 0.268. The zero-order chi connectivity index (χ0) is 25.1. The van der Waals surface area contributed by atoms with Crippen molar-refractivity contribution in [2.45, 2.75) is 39.8 Å². The van der Waals surface area contributed by atoms with Crippen LogP contribution in [0.3, 0.4) is 0 Å². The molecule has 4 rings (SSSR count). The van der Waals surface area contributed by atoms with E-state index >= 15 is 0 Å². The first-order valence-corrected chi connectivity index (χ1v) is 11.8. The maximum Gasteiger partial charge on any atom is 0.292 e. The molecule has 182 valence electrons. The number of ether oxygens (including phenoxy) is 1. The monoisotopic (exact) mass is 515 g/mol. The van der Waals surface area contributed by atoms with Crippen molar-refractivity contribution < 1.29 is 18.3 Å². The molecule has 0 spiro atoms. The average molecular weight is 516 g/mol. The molecule has 0 aliphatic heterocycles. The number of hydrogen-bond donors (Lipinski definition) is 1. The summed E-state index contributed by atoms with van der Waals surface area (Å²) in [5, 5.41) is 8.02. The van der Waals surface area contributed by atoms with Crippen LogP contribution in [0.1, 0.15) is 52.8 Å². The van der Waals surface area contributed by atoms with Gasteiger partial charge in [0.05, 0.1) is 6.54 Å². The van der Waals surface area contributed by atoms with Crippen LogP contribution >= 0.6 is 23.2 Å². The molecule has 2 heterocycles. The van der Waals surface area contributed by atoms with Crippen LogP contribution in [0.15, 0.2) is 59.1 Å². The molecule has 0 radical (unpaired) electrons. The molecule has 0 atom stereocenters. The summed E-state index contributed by atoms with van der Waals surface area (Å²) in [6.45, 7) is 6.56. The van der Waals surface area contributed by atoms with Crippen molar-refractivity contribution in [3.63, 3.8) is 0 Å². The van der Waals surface area contributed by atoms with Gasteiger partial charge in [0.25, 0.3) is 5.91 Å². The molecule has 2 aromatic heterocycles. The maximum absolute atomic E-state index is 13.2. The van der Waals surface area contributed by atoms with Crippen molar-refractivity contribution in [2.24, 2.45) is 0 Å². The van der Waals surface area contributed by atoms with E-state index in [2.05, 4.69) is 24.3 Å². The van der Waals surface area contributed by atoms with Gasteiger partial charge in [0.15, 0.2) is 11.6 Å². The second-order valence-electron chi connectivity index (χ2n) is 8.44. The predicted octanol–water partition coefficient (Wildman–Crippen LogP) is 7.23. The van der Waals surface area contributed by atoms with Crippen LogP contribution in [-0.2, 0) is 13.2 Å². The summed E-state index contributed by atoms with van der Waals surface area (Å²) < 4.78 is 26.5. The molecule has 0 aliphatic carbocycles. The van der Waals surface area contributed by atoms with E-state index in [9.17, 15) is 9.18 Å². The van der Waals surface area contributed by atoms with E-state index < -0.39 is 11.7 Å². The fourth-order valence-corrected chi connectivity index (χ4v) is 3.89. The number of aryl methyl sites for hydroxylation is 1. The highest BCUT2D eigenvalue weighted by Gasteiger charge is 2.15. The van der Waals surface area contributed by atoms with Crippen molar-refractivity contribution in [1.82, 2.24) is 9.78 Å². The number of benzene rings is 2. The highest BCUT2D eigenvalue weighted by atomic mass is 35.5. The minimum Gasteiger partial charge on any atom is -0.485 e. The molecule has 6 nitrogen and oxygen atoms in total. The van der Waals surface area contributed by atoms with Gasteiger partial charge in [0.1, 0.15) is 23.9 Å². The normalized spacial score (nSPS) is 11.2. The Morgan fingerprint density at radius 1 is 1.14 bits per heavy atom. The Hall–Kier alpha value is -3.29. The second kappa shape index (κ2) is 10.5. The number of carbonyl (C=O) groups is 1. The lowest BCUT2D eigenvalue weighted by atomic mass is 10.0. The van der Waals surface area contributed by atoms with Gasteiger partial charge in [-0.1, -0.05) is 43.1 Å². The SMILES string of the molecule is Cc1cc(OCc2ccc(C(=O)Nc3ccn(Cc4ccc(F)cc4Cl)n3)o2)c(C(C)C)cc1Cl. The predicted molar refractivity (Wildman–Crippen MR) is 134 cm³/mol. The third-order valence-electron chi connectivity index (χ3n) is 5.40. The number of anilines is 1. The molecule has 0 bridgehead atoms. The highest BCUT2D eigenvalue weighted by molar-refractivity contribution is 6.31. The third kappa shape index (κ3) is 6.05. The molecular formula is C26H24Cl2FN3O3. The summed E-state index contributed by atoms with van der Waals surface area (Å²) in [6.07, 6.45) is 1.69. The third-order valence-corrected chi connectivity index (χ3v) is 6.16. The number of amides is 1. The lowest BCUT2D eigenvalue weighted by Gasteiger charge is -2.15. The molecule has 1 N–H and O–H groups in total. The molecule has 0 unspecified atom stereocenters. The van der Waals surface area contributed by atoms with Crippen molar-refractivity contribution >= 4 is 34.9 Å². The Balaban J connectivity index is 1.37. The number of aromatic nitrogens is 2. The van der Waals surface area contributed by atoms with Gasteiger partial charge in [-0.05, 0) is 65.9 Å². The van der Waals surface area contributed by atoms with Crippen LogP contribution in [0.4, 0.5) is 10.2 Å². The lowest BCUT2D eigenvalue weighted by molar-refractivity contribution is 0.0992. The fourth-order valence-electron chi connectivity index (χ4n) is 3.49. The topological polar surface area (TPSA) is 69.3 Å². The first-order chi connectivity index (χ1) is 16.7. The van der Waals surface area contributed by atoms with Crippen LogP contribution in [0, 0.1) is 12.7 Å².